The first kappa shape index (κ1) is 23.4. The average molecular weight is 478 g/mol. The third-order valence-electron chi connectivity index (χ3n) is 5.44. The molecule has 2 aromatic carbocycles. The van der Waals surface area contributed by atoms with Gasteiger partial charge in [0.25, 0.3) is 5.91 Å². The van der Waals surface area contributed by atoms with E-state index in [1.807, 2.05) is 0 Å². The Labute approximate surface area is 190 Å². The van der Waals surface area contributed by atoms with Gasteiger partial charge in [-0.15, -0.1) is 0 Å². The van der Waals surface area contributed by atoms with E-state index >= 15 is 0 Å². The summed E-state index contributed by atoms with van der Waals surface area (Å²) in [6.07, 6.45) is -2.97. The number of nitrogens with one attached hydrogen (secondary N) is 1. The predicted octanol–water partition coefficient (Wildman–Crippen LogP) is 4.69. The van der Waals surface area contributed by atoms with E-state index in [4.69, 9.17) is 0 Å². The molecule has 0 atom stereocenters. The van der Waals surface area contributed by atoms with E-state index in [1.165, 1.54) is 19.1 Å². The Balaban J connectivity index is 1.65. The first-order valence-electron chi connectivity index (χ1n) is 10.4. The van der Waals surface area contributed by atoms with Gasteiger partial charge in [-0.05, 0) is 50.1 Å². The zero-order chi connectivity index (χ0) is 24.6. The number of aryl methyl sites for hydroxylation is 1. The maximum absolute atomic E-state index is 14.6. The molecule has 0 aliphatic carbocycles. The van der Waals surface area contributed by atoms with Gasteiger partial charge in [-0.1, -0.05) is 6.07 Å². The summed E-state index contributed by atoms with van der Waals surface area (Å²) in [5.41, 5.74) is -2.62. The van der Waals surface area contributed by atoms with E-state index < -0.39 is 40.4 Å². The van der Waals surface area contributed by atoms with Crippen LogP contribution in [0.5, 0.6) is 0 Å². The molecule has 3 aromatic rings. The minimum atomic E-state index is -4.60. The van der Waals surface area contributed by atoms with Gasteiger partial charge >= 0.3 is 6.18 Å². The molecule has 11 heteroatoms. The minimum absolute atomic E-state index is 0.0200. The fourth-order valence-electron chi connectivity index (χ4n) is 3.85. The van der Waals surface area contributed by atoms with Crippen molar-refractivity contribution >= 4 is 17.3 Å². The van der Waals surface area contributed by atoms with Gasteiger partial charge in [0.2, 0.25) is 5.43 Å². The van der Waals surface area contributed by atoms with Gasteiger partial charge < -0.3 is 10.2 Å². The van der Waals surface area contributed by atoms with Gasteiger partial charge in [-0.25, -0.2) is 13.5 Å². The molecule has 1 N–H and O–H groups in total. The maximum Gasteiger partial charge on any atom is 0.416 e. The number of rotatable bonds is 4. The van der Waals surface area contributed by atoms with Crippen LogP contribution in [0.25, 0.3) is 5.69 Å². The molecule has 1 aliphatic rings. The van der Waals surface area contributed by atoms with Crippen LogP contribution in [0.2, 0.25) is 0 Å². The molecule has 6 nitrogen and oxygen atoms in total. The molecule has 1 amide bonds. The van der Waals surface area contributed by atoms with Crippen LogP contribution in [-0.2, 0) is 6.18 Å². The first-order chi connectivity index (χ1) is 16.0. The summed E-state index contributed by atoms with van der Waals surface area (Å²) in [4.78, 5) is 26.6. The third kappa shape index (κ3) is 4.63. The molecule has 1 aliphatic heterocycles. The summed E-state index contributed by atoms with van der Waals surface area (Å²) < 4.78 is 69.4. The van der Waals surface area contributed by atoms with Crippen molar-refractivity contribution in [3.63, 3.8) is 0 Å². The Morgan fingerprint density at radius 1 is 1.03 bits per heavy atom. The molecule has 0 spiro atoms. The summed E-state index contributed by atoms with van der Waals surface area (Å²) in [7, 11) is 0. The van der Waals surface area contributed by atoms with Crippen molar-refractivity contribution < 1.29 is 26.7 Å². The van der Waals surface area contributed by atoms with Crippen molar-refractivity contribution in [1.82, 2.24) is 9.78 Å². The second-order valence-electron chi connectivity index (χ2n) is 7.90. The minimum Gasteiger partial charge on any atom is -0.367 e. The van der Waals surface area contributed by atoms with Crippen LogP contribution in [-0.4, -0.2) is 28.8 Å². The molecule has 34 heavy (non-hydrogen) atoms. The topological polar surface area (TPSA) is 67.2 Å². The molecule has 0 saturated carbocycles. The summed E-state index contributed by atoms with van der Waals surface area (Å²) in [5.74, 6) is -2.79. The van der Waals surface area contributed by atoms with Crippen LogP contribution in [0.15, 0.2) is 47.3 Å². The number of benzene rings is 2. The van der Waals surface area contributed by atoms with E-state index in [0.717, 1.165) is 47.9 Å². The molecule has 0 radical (unpaired) electrons. The van der Waals surface area contributed by atoms with E-state index in [2.05, 4.69) is 10.4 Å². The van der Waals surface area contributed by atoms with Crippen molar-refractivity contribution in [2.75, 3.05) is 23.3 Å². The molecule has 1 saturated heterocycles. The highest BCUT2D eigenvalue weighted by molar-refractivity contribution is 6.02. The summed E-state index contributed by atoms with van der Waals surface area (Å²) >= 11 is 0. The Morgan fingerprint density at radius 2 is 1.68 bits per heavy atom. The van der Waals surface area contributed by atoms with Crippen molar-refractivity contribution in [3.05, 3.63) is 81.3 Å². The Kier molecular flexibility index (Phi) is 6.11. The van der Waals surface area contributed by atoms with Gasteiger partial charge in [0.1, 0.15) is 5.69 Å². The van der Waals surface area contributed by atoms with Crippen LogP contribution < -0.4 is 15.6 Å². The Hall–Kier alpha value is -3.76. The molecule has 178 valence electrons. The van der Waals surface area contributed by atoms with Crippen LogP contribution in [0.1, 0.15) is 34.6 Å². The predicted molar refractivity (Wildman–Crippen MR) is 115 cm³/mol. The molecular formula is C23H19F5N4O2. The quantitative estimate of drug-likeness (QED) is 0.553. The normalized spacial score (nSPS) is 13.9. The van der Waals surface area contributed by atoms with Gasteiger partial charge in [-0.2, -0.15) is 18.3 Å². The van der Waals surface area contributed by atoms with E-state index in [1.54, 1.807) is 4.90 Å². The number of aromatic nitrogens is 2. The number of nitrogens with zero attached hydrogens (tertiary/aromatic N) is 3. The first-order valence-corrected chi connectivity index (χ1v) is 10.4. The van der Waals surface area contributed by atoms with Crippen LogP contribution in [0.3, 0.4) is 0 Å². The van der Waals surface area contributed by atoms with E-state index in [-0.39, 0.29) is 22.8 Å². The standard InChI is InChI=1S/C23H19F5N4O2/c1-13-9-19(33)20(30-32(13)16-6-4-5-14(10-16)23(26,27)28)22(34)29-15-11-17(24)21(18(25)12-15)31-7-2-3-8-31/h4-6,9-12H,2-3,7-8H2,1H3,(H,29,34). The fourth-order valence-corrected chi connectivity index (χ4v) is 3.85. The molecule has 4 rings (SSSR count). The van der Waals surface area contributed by atoms with Crippen molar-refractivity contribution in [2.45, 2.75) is 25.9 Å². The van der Waals surface area contributed by atoms with E-state index in [0.29, 0.717) is 13.1 Å². The molecule has 1 fully saturated rings. The van der Waals surface area contributed by atoms with Crippen molar-refractivity contribution in [1.29, 1.82) is 0 Å². The number of alkyl halides is 3. The van der Waals surface area contributed by atoms with Gasteiger partial charge in [0.05, 0.1) is 11.3 Å². The Bertz CT molecular complexity index is 1290. The molecule has 0 bridgehead atoms. The Morgan fingerprint density at radius 3 is 2.29 bits per heavy atom. The monoisotopic (exact) mass is 478 g/mol. The number of carbonyl (C=O) groups is 1. The maximum atomic E-state index is 14.6. The number of hydrogen-bond donors (Lipinski definition) is 1. The van der Waals surface area contributed by atoms with Gasteiger partial charge in [0, 0.05) is 30.5 Å². The third-order valence-corrected chi connectivity index (χ3v) is 5.44. The highest BCUT2D eigenvalue weighted by Crippen LogP contribution is 2.31. The van der Waals surface area contributed by atoms with Crippen molar-refractivity contribution in [3.8, 4) is 5.69 Å². The summed E-state index contributed by atoms with van der Waals surface area (Å²) in [6.45, 7) is 2.47. The lowest BCUT2D eigenvalue weighted by molar-refractivity contribution is -0.137. The highest BCUT2D eigenvalue weighted by Gasteiger charge is 2.31. The zero-order valence-corrected chi connectivity index (χ0v) is 17.9. The second-order valence-corrected chi connectivity index (χ2v) is 7.90. The molecular weight excluding hydrogens is 459 g/mol. The summed E-state index contributed by atoms with van der Waals surface area (Å²) in [6, 6.07) is 7.13. The summed E-state index contributed by atoms with van der Waals surface area (Å²) in [5, 5.41) is 6.15. The van der Waals surface area contributed by atoms with Crippen LogP contribution in [0, 0.1) is 18.6 Å². The lowest BCUT2D eigenvalue weighted by Crippen LogP contribution is -2.27. The second kappa shape index (κ2) is 8.88. The lowest BCUT2D eigenvalue weighted by Gasteiger charge is -2.20. The number of carbonyl (C=O) groups excluding carboxylic acids is 1. The van der Waals surface area contributed by atoms with Gasteiger partial charge in [-0.3, -0.25) is 9.59 Å². The zero-order valence-electron chi connectivity index (χ0n) is 17.9. The largest absolute Gasteiger partial charge is 0.416 e. The highest BCUT2D eigenvalue weighted by atomic mass is 19.4. The SMILES string of the molecule is Cc1cc(=O)c(C(=O)Nc2cc(F)c(N3CCCC3)c(F)c2)nn1-c1cccc(C(F)(F)F)c1. The molecule has 2 heterocycles. The van der Waals surface area contributed by atoms with E-state index in [9.17, 15) is 31.5 Å². The fraction of sp³-hybridized carbons (Fsp3) is 0.261. The number of anilines is 2. The molecule has 0 unspecified atom stereocenters. The van der Waals surface area contributed by atoms with Crippen molar-refractivity contribution in [2.24, 2.45) is 0 Å². The van der Waals surface area contributed by atoms with Crippen LogP contribution >= 0.6 is 0 Å². The average Bonchev–Trinajstić information content (AvgIpc) is 3.27. The van der Waals surface area contributed by atoms with Crippen LogP contribution in [0.4, 0.5) is 33.3 Å². The van der Waals surface area contributed by atoms with Gasteiger partial charge in [0.15, 0.2) is 17.3 Å². The molecule has 1 aromatic heterocycles. The number of hydrogen-bond acceptors (Lipinski definition) is 4. The number of halogens is 5. The lowest BCUT2D eigenvalue weighted by atomic mass is 10.2. The number of amides is 1. The smallest absolute Gasteiger partial charge is 0.367 e.